The van der Waals surface area contributed by atoms with Crippen molar-refractivity contribution in [3.63, 3.8) is 0 Å². The number of hydrogen-bond donors (Lipinski definition) is 4. The molecule has 35 heavy (non-hydrogen) atoms. The number of anilines is 1. The van der Waals surface area contributed by atoms with E-state index in [0.29, 0.717) is 6.42 Å². The molecule has 2 aliphatic carbocycles. The van der Waals surface area contributed by atoms with Gasteiger partial charge in [0.15, 0.2) is 21.5 Å². The number of aliphatic hydroxyl groups excluding tert-OH is 2. The maximum absolute atomic E-state index is 13.5. The average Bonchev–Trinajstić information content (AvgIpc) is 3.21. The lowest BCUT2D eigenvalue weighted by molar-refractivity contribution is -0.175. The Balaban J connectivity index is 1.57. The monoisotopic (exact) mass is 512 g/mol. The van der Waals surface area contributed by atoms with Crippen molar-refractivity contribution in [2.24, 2.45) is 24.8 Å². The minimum atomic E-state index is -3.89. The summed E-state index contributed by atoms with van der Waals surface area (Å²) >= 11 is 0. The molecule has 0 spiro atoms. The highest BCUT2D eigenvalue weighted by Gasteiger charge is 2.62. The molecule has 0 unspecified atom stereocenters. The number of nitrogens with one attached hydrogen (secondary N) is 1. The number of halogens is 2. The zero-order valence-corrected chi connectivity index (χ0v) is 20.5. The van der Waals surface area contributed by atoms with Crippen LogP contribution in [0, 0.1) is 29.4 Å². The fourth-order valence-electron chi connectivity index (χ4n) is 5.94. The van der Waals surface area contributed by atoms with Crippen LogP contribution in [0.1, 0.15) is 43.6 Å². The smallest absolute Gasteiger partial charge is 0.272 e. The summed E-state index contributed by atoms with van der Waals surface area (Å²) < 4.78 is 55.0. The van der Waals surface area contributed by atoms with Gasteiger partial charge in [0.2, 0.25) is 0 Å². The topological polar surface area (TPSA) is 129 Å². The number of aromatic nitrogens is 1. The molecular formula is C24H30F2N2O6S. The molecule has 0 radical (unpaired) electrons. The van der Waals surface area contributed by atoms with Gasteiger partial charge in [0.1, 0.15) is 11.8 Å². The highest BCUT2D eigenvalue weighted by atomic mass is 32.2. The second-order valence-corrected chi connectivity index (χ2v) is 12.2. The van der Waals surface area contributed by atoms with Crippen molar-refractivity contribution < 1.29 is 37.3 Å². The van der Waals surface area contributed by atoms with Crippen molar-refractivity contribution >= 4 is 21.4 Å². The Bertz CT molecular complexity index is 1250. The molecule has 1 aromatic heterocycles. The molecule has 7 atom stereocenters. The van der Waals surface area contributed by atoms with E-state index in [-0.39, 0.29) is 35.0 Å². The van der Waals surface area contributed by atoms with Gasteiger partial charge in [-0.25, -0.2) is 17.2 Å². The maximum Gasteiger partial charge on any atom is 0.272 e. The number of carbonyl (C=O) groups is 1. The Morgan fingerprint density at radius 2 is 1.86 bits per heavy atom. The molecule has 2 aromatic rings. The summed E-state index contributed by atoms with van der Waals surface area (Å²) in [4.78, 5) is 12.6. The number of benzene rings is 1. The number of aliphatic hydroxyl groups is 3. The summed E-state index contributed by atoms with van der Waals surface area (Å²) in [5, 5.41) is 33.4. The van der Waals surface area contributed by atoms with Crippen molar-refractivity contribution in [1.82, 2.24) is 4.57 Å². The Labute approximate surface area is 202 Å². The third-order valence-corrected chi connectivity index (χ3v) is 9.89. The van der Waals surface area contributed by atoms with E-state index in [1.807, 2.05) is 6.92 Å². The maximum atomic E-state index is 13.5. The van der Waals surface area contributed by atoms with Crippen LogP contribution in [0.4, 0.5) is 14.5 Å². The standard InChI is InChI=1S/C24H30F2N2O6S/c1-12-6-14-7-16(9-18(12)24(14,32)22(30)13(2)29)35(33,34)17-10-21(28(3)11-17)23(31)27-15-4-5-19(25)20(26)8-15/h4-5,8,10-14,16,18,22,29-30,32H,6-7,9H2,1-3H3,(H,27,31)/t12-,13-,14+,16+,18+,22+,24+/m0/s1. The van der Waals surface area contributed by atoms with Gasteiger partial charge in [0, 0.05) is 25.0 Å². The van der Waals surface area contributed by atoms with Crippen molar-refractivity contribution in [3.8, 4) is 0 Å². The molecule has 2 aliphatic rings. The summed E-state index contributed by atoms with van der Waals surface area (Å²) in [6.07, 6.45) is -0.442. The lowest BCUT2D eigenvalue weighted by atomic mass is 9.69. The van der Waals surface area contributed by atoms with Crippen LogP contribution in [0.2, 0.25) is 0 Å². The first kappa shape index (κ1) is 25.7. The number of rotatable bonds is 6. The largest absolute Gasteiger partial charge is 0.391 e. The van der Waals surface area contributed by atoms with E-state index in [0.717, 1.165) is 12.1 Å². The van der Waals surface area contributed by atoms with Crippen LogP contribution in [0.15, 0.2) is 35.4 Å². The van der Waals surface area contributed by atoms with Crippen LogP contribution in [0.5, 0.6) is 0 Å². The molecule has 11 heteroatoms. The Morgan fingerprint density at radius 1 is 1.17 bits per heavy atom. The van der Waals surface area contributed by atoms with E-state index < -0.39 is 62.3 Å². The third-order valence-electron chi connectivity index (χ3n) is 7.74. The molecular weight excluding hydrogens is 482 g/mol. The zero-order chi connectivity index (χ0) is 25.9. The molecule has 192 valence electrons. The number of hydrogen-bond acceptors (Lipinski definition) is 6. The highest BCUT2D eigenvalue weighted by Crippen LogP contribution is 2.56. The molecule has 2 bridgehead atoms. The van der Waals surface area contributed by atoms with E-state index in [2.05, 4.69) is 5.32 Å². The first-order valence-corrected chi connectivity index (χ1v) is 13.1. The second-order valence-electron chi connectivity index (χ2n) is 9.98. The van der Waals surface area contributed by atoms with Gasteiger partial charge in [-0.15, -0.1) is 0 Å². The first-order chi connectivity index (χ1) is 16.3. The number of amides is 1. The third kappa shape index (κ3) is 4.28. The molecule has 4 rings (SSSR count). The number of carbonyl (C=O) groups excluding carboxylic acids is 1. The van der Waals surface area contributed by atoms with Gasteiger partial charge in [-0.3, -0.25) is 4.79 Å². The van der Waals surface area contributed by atoms with Crippen LogP contribution < -0.4 is 5.32 Å². The van der Waals surface area contributed by atoms with Crippen LogP contribution in [0.3, 0.4) is 0 Å². The summed E-state index contributed by atoms with van der Waals surface area (Å²) in [5.74, 6) is -3.91. The van der Waals surface area contributed by atoms with Crippen molar-refractivity contribution in [2.75, 3.05) is 5.32 Å². The van der Waals surface area contributed by atoms with Gasteiger partial charge in [-0.2, -0.15) is 0 Å². The van der Waals surface area contributed by atoms with Gasteiger partial charge in [0.25, 0.3) is 5.91 Å². The summed E-state index contributed by atoms with van der Waals surface area (Å²) in [7, 11) is -2.39. The van der Waals surface area contributed by atoms with Crippen LogP contribution in [-0.4, -0.2) is 57.3 Å². The number of nitrogens with zero attached hydrogens (tertiary/aromatic N) is 1. The Hall–Kier alpha value is -2.34. The predicted molar refractivity (Wildman–Crippen MR) is 123 cm³/mol. The molecule has 8 nitrogen and oxygen atoms in total. The molecule has 1 aromatic carbocycles. The lowest BCUT2D eigenvalue weighted by Crippen LogP contribution is -2.59. The zero-order valence-electron chi connectivity index (χ0n) is 19.6. The van der Waals surface area contributed by atoms with Gasteiger partial charge in [-0.05, 0) is 62.1 Å². The van der Waals surface area contributed by atoms with E-state index in [1.54, 1.807) is 0 Å². The van der Waals surface area contributed by atoms with Gasteiger partial charge in [-0.1, -0.05) is 6.92 Å². The minimum absolute atomic E-state index is 0.0153. The summed E-state index contributed by atoms with van der Waals surface area (Å²) in [6, 6.07) is 4.13. The fourth-order valence-corrected chi connectivity index (χ4v) is 7.85. The van der Waals surface area contributed by atoms with E-state index in [9.17, 15) is 37.3 Å². The van der Waals surface area contributed by atoms with Gasteiger partial charge < -0.3 is 25.2 Å². The quantitative estimate of drug-likeness (QED) is 0.470. The fraction of sp³-hybridized carbons (Fsp3) is 0.542. The molecule has 2 fully saturated rings. The highest BCUT2D eigenvalue weighted by molar-refractivity contribution is 7.92. The lowest BCUT2D eigenvalue weighted by Gasteiger charge is -2.46. The number of fused-ring (bicyclic) bond motifs is 2. The molecule has 0 saturated heterocycles. The number of aryl methyl sites for hydroxylation is 1. The predicted octanol–water partition coefficient (Wildman–Crippen LogP) is 2.24. The SMILES string of the molecule is C[C@H](O)[C@@H](O)[C@@]1(O)[C@H]2C[C@@H](S(=O)(=O)c3cc(C(=O)Nc4ccc(F)c(F)c4)n(C)c3)C[C@@H]1[C@@H](C)C2. The second kappa shape index (κ2) is 8.95. The van der Waals surface area contributed by atoms with Crippen LogP contribution in [0.25, 0.3) is 0 Å². The van der Waals surface area contributed by atoms with Crippen molar-refractivity contribution in [1.29, 1.82) is 0 Å². The first-order valence-electron chi connectivity index (χ1n) is 11.5. The molecule has 2 saturated carbocycles. The molecule has 0 aliphatic heterocycles. The normalized spacial score (nSPS) is 30.2. The van der Waals surface area contributed by atoms with Crippen LogP contribution >= 0.6 is 0 Å². The molecule has 1 amide bonds. The van der Waals surface area contributed by atoms with E-state index in [1.165, 1.54) is 36.9 Å². The van der Waals surface area contributed by atoms with Gasteiger partial charge in [0.05, 0.1) is 21.9 Å². The number of sulfone groups is 1. The Kier molecular flexibility index (Phi) is 6.58. The average molecular weight is 513 g/mol. The van der Waals surface area contributed by atoms with Gasteiger partial charge >= 0.3 is 0 Å². The molecule has 1 heterocycles. The van der Waals surface area contributed by atoms with Crippen molar-refractivity contribution in [3.05, 3.63) is 47.8 Å². The van der Waals surface area contributed by atoms with Crippen molar-refractivity contribution in [2.45, 2.75) is 61.1 Å². The molecule has 4 N–H and O–H groups in total. The van der Waals surface area contributed by atoms with Crippen LogP contribution in [-0.2, 0) is 16.9 Å². The van der Waals surface area contributed by atoms with E-state index in [4.69, 9.17) is 0 Å². The minimum Gasteiger partial charge on any atom is -0.391 e. The Morgan fingerprint density at radius 3 is 2.46 bits per heavy atom. The van der Waals surface area contributed by atoms with E-state index >= 15 is 0 Å². The summed E-state index contributed by atoms with van der Waals surface area (Å²) in [6.45, 7) is 3.30. The summed E-state index contributed by atoms with van der Waals surface area (Å²) in [5.41, 5.74) is -1.53.